The number of para-hydroxylation sites is 1. The molecule has 0 saturated heterocycles. The van der Waals surface area contributed by atoms with Gasteiger partial charge in [-0.2, -0.15) is 5.10 Å². The van der Waals surface area contributed by atoms with Crippen molar-refractivity contribution < 1.29 is 4.39 Å². The number of hydrogen-bond donors (Lipinski definition) is 1. The highest BCUT2D eigenvalue weighted by atomic mass is 35.5. The van der Waals surface area contributed by atoms with Crippen molar-refractivity contribution in [3.05, 3.63) is 65.6 Å². The lowest BCUT2D eigenvalue weighted by atomic mass is 10.1. The van der Waals surface area contributed by atoms with Gasteiger partial charge in [-0.1, -0.05) is 35.9 Å². The minimum atomic E-state index is -0.349. The van der Waals surface area contributed by atoms with Crippen molar-refractivity contribution in [1.82, 2.24) is 9.78 Å². The molecule has 2 N–H and O–H groups in total. The summed E-state index contributed by atoms with van der Waals surface area (Å²) in [6.07, 6.45) is 1.60. The van der Waals surface area contributed by atoms with Crippen molar-refractivity contribution in [2.24, 2.45) is 0 Å². The summed E-state index contributed by atoms with van der Waals surface area (Å²) in [5.41, 5.74) is 8.24. The fraction of sp³-hybridized carbons (Fsp3) is 0. The van der Waals surface area contributed by atoms with E-state index in [1.807, 2.05) is 12.1 Å². The van der Waals surface area contributed by atoms with Crippen LogP contribution in [0.5, 0.6) is 0 Å². The standard InChI is InChI=1S/C15H11ClFN3/c16-11-7-5-10(6-8-11)15-13(18)9-20(19-15)14-4-2-1-3-12(14)17/h1-9H,18H2. The summed E-state index contributed by atoms with van der Waals surface area (Å²) in [6.45, 7) is 0. The SMILES string of the molecule is Nc1cn(-c2ccccc2F)nc1-c1ccc(Cl)cc1. The summed E-state index contributed by atoms with van der Waals surface area (Å²) in [7, 11) is 0. The highest BCUT2D eigenvalue weighted by Gasteiger charge is 2.11. The van der Waals surface area contributed by atoms with Gasteiger partial charge in [0.25, 0.3) is 0 Å². The molecule has 100 valence electrons. The van der Waals surface area contributed by atoms with Crippen LogP contribution in [0.1, 0.15) is 0 Å². The molecule has 0 fully saturated rings. The molecule has 0 atom stereocenters. The Labute approximate surface area is 120 Å². The van der Waals surface area contributed by atoms with E-state index in [-0.39, 0.29) is 5.82 Å². The first-order chi connectivity index (χ1) is 9.65. The second-order valence-electron chi connectivity index (χ2n) is 4.34. The molecule has 0 saturated carbocycles. The Bertz CT molecular complexity index is 750. The van der Waals surface area contributed by atoms with Crippen LogP contribution in [0.3, 0.4) is 0 Å². The van der Waals surface area contributed by atoms with Crippen LogP contribution < -0.4 is 5.73 Å². The zero-order valence-electron chi connectivity index (χ0n) is 10.4. The number of hydrogen-bond acceptors (Lipinski definition) is 2. The Morgan fingerprint density at radius 3 is 2.45 bits per heavy atom. The van der Waals surface area contributed by atoms with E-state index in [2.05, 4.69) is 5.10 Å². The van der Waals surface area contributed by atoms with Crippen molar-refractivity contribution in [1.29, 1.82) is 0 Å². The van der Waals surface area contributed by atoms with E-state index in [0.717, 1.165) is 5.56 Å². The van der Waals surface area contributed by atoms with Crippen molar-refractivity contribution in [2.45, 2.75) is 0 Å². The van der Waals surface area contributed by atoms with Gasteiger partial charge in [-0.3, -0.25) is 0 Å². The number of nitrogen functional groups attached to an aromatic ring is 1. The molecule has 3 nitrogen and oxygen atoms in total. The van der Waals surface area contributed by atoms with Crippen molar-refractivity contribution in [3.8, 4) is 16.9 Å². The highest BCUT2D eigenvalue weighted by Crippen LogP contribution is 2.27. The van der Waals surface area contributed by atoms with Crippen molar-refractivity contribution in [2.75, 3.05) is 5.73 Å². The molecule has 0 aliphatic carbocycles. The Balaban J connectivity index is 2.08. The zero-order valence-corrected chi connectivity index (χ0v) is 11.2. The van der Waals surface area contributed by atoms with E-state index in [1.165, 1.54) is 10.7 Å². The molecule has 0 spiro atoms. The summed E-state index contributed by atoms with van der Waals surface area (Å²) in [5, 5.41) is 4.99. The molecule has 0 aliphatic rings. The second-order valence-corrected chi connectivity index (χ2v) is 4.77. The smallest absolute Gasteiger partial charge is 0.148 e. The third-order valence-corrected chi connectivity index (χ3v) is 3.21. The predicted molar refractivity (Wildman–Crippen MR) is 78.4 cm³/mol. The third-order valence-electron chi connectivity index (χ3n) is 2.96. The Morgan fingerprint density at radius 2 is 1.75 bits per heavy atom. The van der Waals surface area contributed by atoms with Gasteiger partial charge in [0.2, 0.25) is 0 Å². The maximum absolute atomic E-state index is 13.8. The summed E-state index contributed by atoms with van der Waals surface area (Å²) in [6, 6.07) is 13.6. The topological polar surface area (TPSA) is 43.8 Å². The molecule has 2 aromatic carbocycles. The lowest BCUT2D eigenvalue weighted by Crippen LogP contribution is -1.97. The number of anilines is 1. The summed E-state index contributed by atoms with van der Waals surface area (Å²) in [4.78, 5) is 0. The normalized spacial score (nSPS) is 10.7. The van der Waals surface area contributed by atoms with E-state index in [0.29, 0.717) is 22.1 Å². The van der Waals surface area contributed by atoms with Gasteiger partial charge in [-0.05, 0) is 24.3 Å². The minimum absolute atomic E-state index is 0.349. The van der Waals surface area contributed by atoms with E-state index < -0.39 is 0 Å². The van der Waals surface area contributed by atoms with Crippen molar-refractivity contribution in [3.63, 3.8) is 0 Å². The van der Waals surface area contributed by atoms with Gasteiger partial charge in [-0.15, -0.1) is 0 Å². The molecule has 0 unspecified atom stereocenters. The summed E-state index contributed by atoms with van der Waals surface area (Å²) < 4.78 is 15.2. The molecule has 0 aliphatic heterocycles. The number of benzene rings is 2. The molecule has 0 radical (unpaired) electrons. The van der Waals surface area contributed by atoms with Gasteiger partial charge in [0.05, 0.1) is 11.9 Å². The average Bonchev–Trinajstić information content (AvgIpc) is 2.82. The number of aromatic nitrogens is 2. The lowest BCUT2D eigenvalue weighted by molar-refractivity contribution is 0.611. The van der Waals surface area contributed by atoms with Crippen molar-refractivity contribution >= 4 is 17.3 Å². The number of nitrogens with two attached hydrogens (primary N) is 1. The molecular formula is C15H11ClFN3. The molecule has 5 heteroatoms. The highest BCUT2D eigenvalue weighted by molar-refractivity contribution is 6.30. The van der Waals surface area contributed by atoms with Gasteiger partial charge in [0.1, 0.15) is 17.2 Å². The average molecular weight is 288 g/mol. The molecule has 3 rings (SSSR count). The molecule has 0 amide bonds. The zero-order chi connectivity index (χ0) is 14.1. The van der Waals surface area contributed by atoms with Crippen LogP contribution in [-0.2, 0) is 0 Å². The lowest BCUT2D eigenvalue weighted by Gasteiger charge is -2.02. The molecule has 3 aromatic rings. The molecule has 1 heterocycles. The number of halogens is 2. The Morgan fingerprint density at radius 1 is 1.05 bits per heavy atom. The largest absolute Gasteiger partial charge is 0.396 e. The monoisotopic (exact) mass is 287 g/mol. The van der Waals surface area contributed by atoms with Crippen LogP contribution in [0.15, 0.2) is 54.7 Å². The fourth-order valence-corrected chi connectivity index (χ4v) is 2.11. The van der Waals surface area contributed by atoms with Gasteiger partial charge in [-0.25, -0.2) is 9.07 Å². The third kappa shape index (κ3) is 2.26. The minimum Gasteiger partial charge on any atom is -0.396 e. The van der Waals surface area contributed by atoms with Crippen LogP contribution in [0.4, 0.5) is 10.1 Å². The van der Waals surface area contributed by atoms with E-state index in [1.54, 1.807) is 36.5 Å². The first-order valence-electron chi connectivity index (χ1n) is 6.01. The number of nitrogens with zero attached hydrogens (tertiary/aromatic N) is 2. The molecule has 0 bridgehead atoms. The van der Waals surface area contributed by atoms with Gasteiger partial charge in [0, 0.05) is 10.6 Å². The van der Waals surface area contributed by atoms with E-state index >= 15 is 0 Å². The van der Waals surface area contributed by atoms with Crippen LogP contribution >= 0.6 is 11.6 Å². The van der Waals surface area contributed by atoms with Crippen LogP contribution in [0.25, 0.3) is 16.9 Å². The first kappa shape index (κ1) is 12.7. The number of rotatable bonds is 2. The Kier molecular flexibility index (Phi) is 3.16. The fourth-order valence-electron chi connectivity index (χ4n) is 1.98. The van der Waals surface area contributed by atoms with Gasteiger partial charge >= 0.3 is 0 Å². The van der Waals surface area contributed by atoms with Gasteiger partial charge < -0.3 is 5.73 Å². The maximum Gasteiger partial charge on any atom is 0.148 e. The quantitative estimate of drug-likeness (QED) is 0.776. The van der Waals surface area contributed by atoms with E-state index in [9.17, 15) is 4.39 Å². The second kappa shape index (κ2) is 4.98. The molecular weight excluding hydrogens is 277 g/mol. The van der Waals surface area contributed by atoms with Crippen LogP contribution in [-0.4, -0.2) is 9.78 Å². The maximum atomic E-state index is 13.8. The summed E-state index contributed by atoms with van der Waals surface area (Å²) in [5.74, 6) is -0.349. The first-order valence-corrected chi connectivity index (χ1v) is 6.39. The predicted octanol–water partition coefficient (Wildman–Crippen LogP) is 3.91. The Hall–Kier alpha value is -2.33. The van der Waals surface area contributed by atoms with Crippen LogP contribution in [0.2, 0.25) is 5.02 Å². The molecule has 20 heavy (non-hydrogen) atoms. The summed E-state index contributed by atoms with van der Waals surface area (Å²) >= 11 is 5.85. The van der Waals surface area contributed by atoms with E-state index in [4.69, 9.17) is 17.3 Å². The molecule has 1 aromatic heterocycles. The van der Waals surface area contributed by atoms with Gasteiger partial charge in [0.15, 0.2) is 0 Å². The van der Waals surface area contributed by atoms with Crippen LogP contribution in [0, 0.1) is 5.82 Å².